The first-order chi connectivity index (χ1) is 8.20. The van der Waals surface area contributed by atoms with Crippen molar-refractivity contribution in [1.82, 2.24) is 15.0 Å². The SMILES string of the molecule is [B]N(C)CCN(CCO)CCCCCCNC. The molecular formula is C12H28BN3O. The van der Waals surface area contributed by atoms with E-state index in [-0.39, 0.29) is 6.61 Å². The van der Waals surface area contributed by atoms with E-state index in [9.17, 15) is 0 Å². The summed E-state index contributed by atoms with van der Waals surface area (Å²) in [5.74, 6) is 0. The number of hydrogen-bond donors (Lipinski definition) is 2. The summed E-state index contributed by atoms with van der Waals surface area (Å²) < 4.78 is 0. The Kier molecular flexibility index (Phi) is 12.3. The number of aliphatic hydroxyl groups excluding tert-OH is 1. The molecule has 0 bridgehead atoms. The first-order valence-electron chi connectivity index (χ1n) is 6.64. The van der Waals surface area contributed by atoms with Crippen LogP contribution in [-0.4, -0.2) is 76.2 Å². The molecule has 0 rings (SSSR count). The van der Waals surface area contributed by atoms with Gasteiger partial charge in [-0.2, -0.15) is 0 Å². The van der Waals surface area contributed by atoms with Gasteiger partial charge in [0, 0.05) is 13.1 Å². The van der Waals surface area contributed by atoms with Gasteiger partial charge in [-0.1, -0.05) is 12.8 Å². The number of rotatable bonds is 12. The van der Waals surface area contributed by atoms with Gasteiger partial charge in [-0.15, -0.1) is 0 Å². The molecule has 0 aromatic carbocycles. The molecular weight excluding hydrogens is 213 g/mol. The van der Waals surface area contributed by atoms with Crippen molar-refractivity contribution in [3.63, 3.8) is 0 Å². The summed E-state index contributed by atoms with van der Waals surface area (Å²) in [6, 6.07) is 0. The van der Waals surface area contributed by atoms with Crippen molar-refractivity contribution in [2.45, 2.75) is 25.7 Å². The van der Waals surface area contributed by atoms with Crippen LogP contribution in [0.15, 0.2) is 0 Å². The van der Waals surface area contributed by atoms with Crippen LogP contribution in [0.1, 0.15) is 25.7 Å². The molecule has 0 aliphatic heterocycles. The lowest BCUT2D eigenvalue weighted by Crippen LogP contribution is -2.35. The minimum Gasteiger partial charge on any atom is -0.395 e. The molecule has 0 unspecified atom stereocenters. The molecule has 0 aliphatic rings. The van der Waals surface area contributed by atoms with Gasteiger partial charge in [-0.05, 0) is 46.6 Å². The van der Waals surface area contributed by atoms with E-state index in [4.69, 9.17) is 13.1 Å². The maximum Gasteiger partial charge on any atom is 0.182 e. The van der Waals surface area contributed by atoms with Crippen molar-refractivity contribution < 1.29 is 5.11 Å². The molecule has 0 aromatic rings. The Bertz CT molecular complexity index is 159. The molecule has 100 valence electrons. The van der Waals surface area contributed by atoms with Crippen molar-refractivity contribution in [2.75, 3.05) is 53.4 Å². The Morgan fingerprint density at radius 3 is 2.29 bits per heavy atom. The highest BCUT2D eigenvalue weighted by atomic mass is 16.3. The molecule has 5 heteroatoms. The Labute approximate surface area is 108 Å². The topological polar surface area (TPSA) is 38.7 Å². The van der Waals surface area contributed by atoms with Crippen LogP contribution >= 0.6 is 0 Å². The van der Waals surface area contributed by atoms with E-state index >= 15 is 0 Å². The van der Waals surface area contributed by atoms with Crippen molar-refractivity contribution in [3.05, 3.63) is 0 Å². The molecule has 0 saturated carbocycles. The Hall–Kier alpha value is -0.0951. The van der Waals surface area contributed by atoms with E-state index in [0.717, 1.165) is 32.7 Å². The average molecular weight is 241 g/mol. The van der Waals surface area contributed by atoms with Crippen molar-refractivity contribution in [1.29, 1.82) is 0 Å². The standard InChI is InChI=1S/C12H28BN3O/c1-14-7-5-3-4-6-8-16(11-12-17)10-9-15(2)13/h14,17H,3-12H2,1-2H3. The van der Waals surface area contributed by atoms with E-state index in [1.54, 1.807) is 4.81 Å². The van der Waals surface area contributed by atoms with E-state index < -0.39 is 0 Å². The quantitative estimate of drug-likeness (QED) is 0.375. The smallest absolute Gasteiger partial charge is 0.182 e. The first kappa shape index (κ1) is 16.9. The minimum absolute atomic E-state index is 0.230. The molecule has 2 radical (unpaired) electrons. The third-order valence-corrected chi connectivity index (χ3v) is 2.84. The summed E-state index contributed by atoms with van der Waals surface area (Å²) in [5, 5.41) is 12.1. The lowest BCUT2D eigenvalue weighted by molar-refractivity contribution is 0.188. The normalized spacial score (nSPS) is 11.6. The fourth-order valence-electron chi connectivity index (χ4n) is 1.77. The zero-order valence-corrected chi connectivity index (χ0v) is 11.5. The summed E-state index contributed by atoms with van der Waals surface area (Å²) in [4.78, 5) is 3.97. The zero-order valence-electron chi connectivity index (χ0n) is 11.5. The van der Waals surface area contributed by atoms with Crippen LogP contribution < -0.4 is 5.32 Å². The largest absolute Gasteiger partial charge is 0.395 e. The number of nitrogens with one attached hydrogen (secondary N) is 1. The third-order valence-electron chi connectivity index (χ3n) is 2.84. The van der Waals surface area contributed by atoms with Gasteiger partial charge in [0.25, 0.3) is 0 Å². The Morgan fingerprint density at radius 2 is 1.71 bits per heavy atom. The summed E-state index contributed by atoms with van der Waals surface area (Å²) in [7, 11) is 9.45. The van der Waals surface area contributed by atoms with Crippen LogP contribution in [0.2, 0.25) is 0 Å². The molecule has 0 amide bonds. The van der Waals surface area contributed by atoms with Crippen LogP contribution in [0, 0.1) is 0 Å². The van der Waals surface area contributed by atoms with E-state index in [2.05, 4.69) is 10.2 Å². The number of hydrogen-bond acceptors (Lipinski definition) is 4. The maximum absolute atomic E-state index is 8.98. The monoisotopic (exact) mass is 241 g/mol. The van der Waals surface area contributed by atoms with Gasteiger partial charge in [0.05, 0.1) is 6.61 Å². The zero-order chi connectivity index (χ0) is 12.9. The van der Waals surface area contributed by atoms with Crippen LogP contribution in [0.5, 0.6) is 0 Å². The van der Waals surface area contributed by atoms with Gasteiger partial charge in [0.2, 0.25) is 0 Å². The van der Waals surface area contributed by atoms with Gasteiger partial charge < -0.3 is 15.2 Å². The van der Waals surface area contributed by atoms with E-state index in [1.807, 2.05) is 14.1 Å². The number of aliphatic hydroxyl groups is 1. The third kappa shape index (κ3) is 12.2. The molecule has 0 saturated heterocycles. The number of nitrogens with zero attached hydrogens (tertiary/aromatic N) is 2. The van der Waals surface area contributed by atoms with Gasteiger partial charge in [-0.25, -0.2) is 0 Å². The predicted molar refractivity (Wildman–Crippen MR) is 74.3 cm³/mol. The van der Waals surface area contributed by atoms with Gasteiger partial charge in [0.15, 0.2) is 7.98 Å². The lowest BCUT2D eigenvalue weighted by Gasteiger charge is -2.23. The molecule has 0 spiro atoms. The second kappa shape index (κ2) is 12.4. The molecule has 0 heterocycles. The Morgan fingerprint density at radius 1 is 1.00 bits per heavy atom. The van der Waals surface area contributed by atoms with E-state index in [0.29, 0.717) is 0 Å². The van der Waals surface area contributed by atoms with Crippen LogP contribution in [-0.2, 0) is 0 Å². The number of unbranched alkanes of at least 4 members (excludes halogenated alkanes) is 3. The van der Waals surface area contributed by atoms with Gasteiger partial charge in [-0.3, -0.25) is 4.90 Å². The Balaban J connectivity index is 3.48. The van der Waals surface area contributed by atoms with Crippen LogP contribution in [0.4, 0.5) is 0 Å². The molecule has 2 N–H and O–H groups in total. The van der Waals surface area contributed by atoms with Gasteiger partial charge >= 0.3 is 0 Å². The van der Waals surface area contributed by atoms with Crippen LogP contribution in [0.25, 0.3) is 0 Å². The highest BCUT2D eigenvalue weighted by molar-refractivity contribution is 6.04. The van der Waals surface area contributed by atoms with Crippen molar-refractivity contribution >= 4 is 7.98 Å². The molecule has 17 heavy (non-hydrogen) atoms. The summed E-state index contributed by atoms with van der Waals surface area (Å²) in [6.07, 6.45) is 5.01. The summed E-state index contributed by atoms with van der Waals surface area (Å²) >= 11 is 0. The highest BCUT2D eigenvalue weighted by Crippen LogP contribution is 2.01. The molecule has 0 aliphatic carbocycles. The average Bonchev–Trinajstić information content (AvgIpc) is 2.30. The fraction of sp³-hybridized carbons (Fsp3) is 1.00. The maximum atomic E-state index is 8.98. The summed E-state index contributed by atoms with van der Waals surface area (Å²) in [6.45, 7) is 4.94. The molecule has 4 nitrogen and oxygen atoms in total. The second-order valence-electron chi connectivity index (χ2n) is 4.56. The van der Waals surface area contributed by atoms with E-state index in [1.165, 1.54) is 25.7 Å². The second-order valence-corrected chi connectivity index (χ2v) is 4.56. The number of likely N-dealkylation sites (N-methyl/N-ethyl adjacent to an activating group) is 1. The van der Waals surface area contributed by atoms with Crippen LogP contribution in [0.3, 0.4) is 0 Å². The summed E-state index contributed by atoms with van der Waals surface area (Å²) in [5.41, 5.74) is 0. The molecule has 0 aromatic heterocycles. The molecule has 0 atom stereocenters. The predicted octanol–water partition coefficient (Wildman–Crippen LogP) is 0.0758. The van der Waals surface area contributed by atoms with Crippen molar-refractivity contribution in [2.24, 2.45) is 0 Å². The van der Waals surface area contributed by atoms with Gasteiger partial charge in [0.1, 0.15) is 0 Å². The first-order valence-corrected chi connectivity index (χ1v) is 6.64. The fourth-order valence-corrected chi connectivity index (χ4v) is 1.77. The lowest BCUT2D eigenvalue weighted by atomic mass is 10.2. The highest BCUT2D eigenvalue weighted by Gasteiger charge is 2.04. The van der Waals surface area contributed by atoms with Crippen molar-refractivity contribution in [3.8, 4) is 0 Å². The minimum atomic E-state index is 0.230. The molecule has 0 fully saturated rings.